The Morgan fingerprint density at radius 2 is 1.04 bits per heavy atom. The van der Waals surface area contributed by atoms with E-state index in [0.717, 1.165) is 6.42 Å². The van der Waals surface area contributed by atoms with E-state index in [1.165, 1.54) is 44.9 Å². The number of ether oxygens (including phenoxy) is 2. The molecule has 0 aliphatic heterocycles. The molecule has 0 rings (SSSR count). The summed E-state index contributed by atoms with van der Waals surface area (Å²) in [7, 11) is 0. The zero-order valence-corrected chi connectivity index (χ0v) is 17.6. The summed E-state index contributed by atoms with van der Waals surface area (Å²) in [5.74, 6) is -0.152. The van der Waals surface area contributed by atoms with Gasteiger partial charge in [-0.15, -0.1) is 0 Å². The maximum Gasteiger partial charge on any atom is 0.171 e. The average molecular weight is 329 g/mol. The molecule has 0 amide bonds. The predicted octanol–water partition coefficient (Wildman–Crippen LogP) is 7.11. The summed E-state index contributed by atoms with van der Waals surface area (Å²) in [6, 6.07) is 0. The molecule has 0 aromatic heterocycles. The highest BCUT2D eigenvalue weighted by Gasteiger charge is 2.42. The lowest BCUT2D eigenvalue weighted by atomic mass is 9.93. The van der Waals surface area contributed by atoms with E-state index in [4.69, 9.17) is 9.47 Å². The summed E-state index contributed by atoms with van der Waals surface area (Å²) < 4.78 is 13.0. The Morgan fingerprint density at radius 3 is 1.39 bits per heavy atom. The van der Waals surface area contributed by atoms with Gasteiger partial charge >= 0.3 is 0 Å². The second-order valence-electron chi connectivity index (χ2n) is 9.27. The van der Waals surface area contributed by atoms with Crippen LogP contribution >= 0.6 is 0 Å². The van der Waals surface area contributed by atoms with Crippen molar-refractivity contribution >= 4 is 0 Å². The van der Waals surface area contributed by atoms with Gasteiger partial charge in [0.25, 0.3) is 0 Å². The van der Waals surface area contributed by atoms with Crippen molar-refractivity contribution < 1.29 is 9.47 Å². The predicted molar refractivity (Wildman–Crippen MR) is 102 cm³/mol. The Balaban J connectivity index is 4.70. The summed E-state index contributed by atoms with van der Waals surface area (Å²) in [5, 5.41) is 0. The summed E-state index contributed by atoms with van der Waals surface area (Å²) in [4.78, 5) is 0. The second kappa shape index (κ2) is 10.0. The molecule has 0 atom stereocenters. The fourth-order valence-corrected chi connectivity index (χ4v) is 3.01. The van der Waals surface area contributed by atoms with Gasteiger partial charge in [-0.25, -0.2) is 0 Å². The average Bonchev–Trinajstić information content (AvgIpc) is 2.33. The van der Waals surface area contributed by atoms with Crippen molar-refractivity contribution in [1.82, 2.24) is 0 Å². The molecule has 140 valence electrons. The largest absolute Gasteiger partial charge is 0.344 e. The Labute approximate surface area is 146 Å². The lowest BCUT2D eigenvalue weighted by molar-refractivity contribution is -0.333. The molecule has 23 heavy (non-hydrogen) atoms. The van der Waals surface area contributed by atoms with Crippen LogP contribution in [0.4, 0.5) is 0 Å². The summed E-state index contributed by atoms with van der Waals surface area (Å²) in [6.07, 6.45) is 10.2. The molecule has 2 nitrogen and oxygen atoms in total. The first kappa shape index (κ1) is 22.9. The van der Waals surface area contributed by atoms with Crippen molar-refractivity contribution in [2.45, 2.75) is 131 Å². The maximum absolute atomic E-state index is 6.49. The third-order valence-electron chi connectivity index (χ3n) is 3.97. The van der Waals surface area contributed by atoms with Gasteiger partial charge in [-0.1, -0.05) is 59.3 Å². The molecular formula is C21H44O2. The van der Waals surface area contributed by atoms with Crippen molar-refractivity contribution in [2.75, 3.05) is 0 Å². The Hall–Kier alpha value is -0.0800. The van der Waals surface area contributed by atoms with E-state index in [1.807, 2.05) is 0 Å². The normalized spacial score (nSPS) is 13.8. The van der Waals surface area contributed by atoms with Crippen LogP contribution in [0, 0.1) is 5.92 Å². The Bertz CT molecular complexity index is 278. The fraction of sp³-hybridized carbons (Fsp3) is 1.00. The number of rotatable bonds is 11. The lowest BCUT2D eigenvalue weighted by Gasteiger charge is -2.46. The van der Waals surface area contributed by atoms with Crippen molar-refractivity contribution in [3.8, 4) is 0 Å². The fourth-order valence-electron chi connectivity index (χ4n) is 3.01. The Kier molecular flexibility index (Phi) is 10.00. The van der Waals surface area contributed by atoms with Crippen molar-refractivity contribution in [2.24, 2.45) is 5.92 Å². The maximum atomic E-state index is 6.49. The molecule has 0 saturated heterocycles. The SMILES string of the molecule is CCCCCCCCCC(OC(C)(C)C)(OC(C)(C)C)C(C)C. The van der Waals surface area contributed by atoms with E-state index in [1.54, 1.807) is 0 Å². The van der Waals surface area contributed by atoms with Gasteiger partial charge in [-0.2, -0.15) is 0 Å². The number of hydrogen-bond acceptors (Lipinski definition) is 2. The highest BCUT2D eigenvalue weighted by molar-refractivity contribution is 4.82. The van der Waals surface area contributed by atoms with E-state index in [0.29, 0.717) is 5.92 Å². The molecule has 0 bridgehead atoms. The molecule has 0 unspecified atom stereocenters. The molecular weight excluding hydrogens is 284 g/mol. The van der Waals surface area contributed by atoms with Gasteiger partial charge in [0, 0.05) is 12.3 Å². The zero-order valence-electron chi connectivity index (χ0n) is 17.6. The lowest BCUT2D eigenvalue weighted by Crippen LogP contribution is -2.50. The van der Waals surface area contributed by atoms with E-state index in [2.05, 4.69) is 62.3 Å². The van der Waals surface area contributed by atoms with Gasteiger partial charge < -0.3 is 9.47 Å². The summed E-state index contributed by atoms with van der Waals surface area (Å²) in [5.41, 5.74) is -0.396. The van der Waals surface area contributed by atoms with E-state index >= 15 is 0 Å². The molecule has 0 fully saturated rings. The molecule has 0 heterocycles. The highest BCUT2D eigenvalue weighted by Crippen LogP contribution is 2.37. The van der Waals surface area contributed by atoms with Crippen LogP contribution in [0.5, 0.6) is 0 Å². The minimum atomic E-state index is -0.486. The second-order valence-corrected chi connectivity index (χ2v) is 9.27. The van der Waals surface area contributed by atoms with Gasteiger partial charge in [0.05, 0.1) is 11.2 Å². The smallest absolute Gasteiger partial charge is 0.171 e. The first-order valence-electron chi connectivity index (χ1n) is 9.82. The minimum Gasteiger partial charge on any atom is -0.344 e. The molecule has 0 radical (unpaired) electrons. The topological polar surface area (TPSA) is 18.5 Å². The van der Waals surface area contributed by atoms with E-state index in [-0.39, 0.29) is 11.2 Å². The van der Waals surface area contributed by atoms with E-state index < -0.39 is 5.79 Å². The van der Waals surface area contributed by atoms with Gasteiger partial charge in [0.2, 0.25) is 0 Å². The monoisotopic (exact) mass is 328 g/mol. The molecule has 2 heteroatoms. The molecule has 0 saturated carbocycles. The van der Waals surface area contributed by atoms with Crippen LogP contribution < -0.4 is 0 Å². The van der Waals surface area contributed by atoms with Gasteiger partial charge in [0.15, 0.2) is 5.79 Å². The molecule has 0 aliphatic rings. The Morgan fingerprint density at radius 1 is 0.652 bits per heavy atom. The van der Waals surface area contributed by atoms with Gasteiger partial charge in [-0.05, 0) is 48.0 Å². The standard InChI is InChI=1S/C21H44O2/c1-10-11-12-13-14-15-16-17-21(18(2)3,22-19(4,5)6)23-20(7,8)9/h18H,10-17H2,1-9H3. The van der Waals surface area contributed by atoms with Crippen LogP contribution in [0.3, 0.4) is 0 Å². The first-order valence-corrected chi connectivity index (χ1v) is 9.82. The quantitative estimate of drug-likeness (QED) is 0.297. The van der Waals surface area contributed by atoms with Crippen molar-refractivity contribution in [3.05, 3.63) is 0 Å². The zero-order chi connectivity index (χ0) is 18.1. The van der Waals surface area contributed by atoms with Gasteiger partial charge in [-0.3, -0.25) is 0 Å². The van der Waals surface area contributed by atoms with Crippen molar-refractivity contribution in [3.63, 3.8) is 0 Å². The highest BCUT2D eigenvalue weighted by atomic mass is 16.7. The van der Waals surface area contributed by atoms with E-state index in [9.17, 15) is 0 Å². The van der Waals surface area contributed by atoms with Crippen LogP contribution in [0.25, 0.3) is 0 Å². The number of unbranched alkanes of at least 4 members (excludes halogenated alkanes) is 6. The van der Waals surface area contributed by atoms with Crippen LogP contribution in [-0.4, -0.2) is 17.0 Å². The van der Waals surface area contributed by atoms with Crippen LogP contribution in [0.1, 0.15) is 114 Å². The van der Waals surface area contributed by atoms with Crippen LogP contribution in [0.15, 0.2) is 0 Å². The minimum absolute atomic E-state index is 0.198. The number of hydrogen-bond donors (Lipinski definition) is 0. The molecule has 0 N–H and O–H groups in total. The summed E-state index contributed by atoms with van der Waals surface area (Å²) in [6.45, 7) is 19.5. The first-order chi connectivity index (χ1) is 10.4. The third-order valence-corrected chi connectivity index (χ3v) is 3.97. The summed E-state index contributed by atoms with van der Waals surface area (Å²) >= 11 is 0. The molecule has 0 aromatic carbocycles. The van der Waals surface area contributed by atoms with Crippen LogP contribution in [-0.2, 0) is 9.47 Å². The molecule has 0 aromatic rings. The van der Waals surface area contributed by atoms with Crippen LogP contribution in [0.2, 0.25) is 0 Å². The molecule has 0 aliphatic carbocycles. The van der Waals surface area contributed by atoms with Gasteiger partial charge in [0.1, 0.15) is 0 Å². The van der Waals surface area contributed by atoms with Crippen molar-refractivity contribution in [1.29, 1.82) is 0 Å². The molecule has 0 spiro atoms. The third kappa shape index (κ3) is 11.2.